The first-order valence-electron chi connectivity index (χ1n) is 5.30. The van der Waals surface area contributed by atoms with Crippen LogP contribution in [0.15, 0.2) is 37.9 Å². The molecular weight excluding hydrogens is 428 g/mol. The van der Waals surface area contributed by atoms with Crippen LogP contribution >= 0.6 is 59.1 Å². The first-order chi connectivity index (χ1) is 8.13. The molecule has 0 N–H and O–H groups in total. The second kappa shape index (κ2) is 6.00. The second-order valence-corrected chi connectivity index (χ2v) is 8.36. The van der Waals surface area contributed by atoms with Gasteiger partial charge < -0.3 is 0 Å². The molecule has 0 bridgehead atoms. The fourth-order valence-corrected chi connectivity index (χ4v) is 5.97. The van der Waals surface area contributed by atoms with E-state index in [1.54, 1.807) is 11.3 Å². The molecule has 90 valence electrons. The summed E-state index contributed by atoms with van der Waals surface area (Å²) >= 11 is 12.7. The van der Waals surface area contributed by atoms with E-state index < -0.39 is 0 Å². The molecule has 0 saturated carbocycles. The summed E-state index contributed by atoms with van der Waals surface area (Å²) in [4.78, 5) is 0.246. The quantitative estimate of drug-likeness (QED) is 0.492. The summed E-state index contributed by atoms with van der Waals surface area (Å²) in [5, 5.41) is 0. The van der Waals surface area contributed by atoms with Gasteiger partial charge in [-0.05, 0) is 61.0 Å². The molecule has 0 fully saturated rings. The van der Waals surface area contributed by atoms with E-state index >= 15 is 0 Å². The van der Waals surface area contributed by atoms with E-state index in [9.17, 15) is 0 Å². The third-order valence-electron chi connectivity index (χ3n) is 2.67. The van der Waals surface area contributed by atoms with Crippen LogP contribution in [0.4, 0.5) is 0 Å². The predicted molar refractivity (Wildman–Crippen MR) is 86.3 cm³/mol. The first-order valence-corrected chi connectivity index (χ1v) is 8.62. The van der Waals surface area contributed by atoms with Crippen LogP contribution in [-0.4, -0.2) is 0 Å². The highest BCUT2D eigenvalue weighted by Gasteiger charge is 2.18. The van der Waals surface area contributed by atoms with E-state index in [1.165, 1.54) is 20.5 Å². The number of halogens is 3. The Balaban J connectivity index is 2.43. The maximum atomic E-state index is 3.81. The van der Waals surface area contributed by atoms with Crippen molar-refractivity contribution in [3.05, 3.63) is 54.6 Å². The van der Waals surface area contributed by atoms with Gasteiger partial charge >= 0.3 is 0 Å². The van der Waals surface area contributed by atoms with Crippen LogP contribution in [0.3, 0.4) is 0 Å². The van der Waals surface area contributed by atoms with Crippen molar-refractivity contribution in [1.29, 1.82) is 0 Å². The molecule has 0 nitrogen and oxygen atoms in total. The number of thiophene rings is 1. The van der Waals surface area contributed by atoms with Crippen molar-refractivity contribution >= 4 is 59.1 Å². The van der Waals surface area contributed by atoms with Crippen LogP contribution < -0.4 is 0 Å². The largest absolute Gasteiger partial charge is 0.121 e. The van der Waals surface area contributed by atoms with Crippen LogP contribution in [-0.2, 0) is 6.42 Å². The number of aryl methyl sites for hydroxylation is 1. The lowest BCUT2D eigenvalue weighted by atomic mass is 10.00. The zero-order valence-electron chi connectivity index (χ0n) is 9.21. The Morgan fingerprint density at radius 1 is 1.18 bits per heavy atom. The van der Waals surface area contributed by atoms with Gasteiger partial charge in [0.05, 0.1) is 12.4 Å². The van der Waals surface area contributed by atoms with E-state index in [-0.39, 0.29) is 4.83 Å². The summed E-state index contributed by atoms with van der Waals surface area (Å²) in [5.41, 5.74) is 4.02. The van der Waals surface area contributed by atoms with Crippen LogP contribution in [0.25, 0.3) is 0 Å². The zero-order chi connectivity index (χ0) is 12.4. The highest BCUT2D eigenvalue weighted by Crippen LogP contribution is 2.42. The zero-order valence-corrected chi connectivity index (χ0v) is 14.8. The van der Waals surface area contributed by atoms with Gasteiger partial charge in [-0.1, -0.05) is 47.1 Å². The maximum absolute atomic E-state index is 3.81. The molecule has 1 heterocycles. The van der Waals surface area contributed by atoms with Gasteiger partial charge in [-0.2, -0.15) is 0 Å². The number of hydrogen-bond acceptors (Lipinski definition) is 1. The minimum atomic E-state index is 0.246. The van der Waals surface area contributed by atoms with Gasteiger partial charge in [0.25, 0.3) is 0 Å². The Kier molecular flexibility index (Phi) is 4.87. The lowest BCUT2D eigenvalue weighted by Crippen LogP contribution is -1.97. The van der Waals surface area contributed by atoms with E-state index in [0.29, 0.717) is 0 Å². The third-order valence-corrected chi connectivity index (χ3v) is 6.04. The van der Waals surface area contributed by atoms with Crippen molar-refractivity contribution in [2.75, 3.05) is 0 Å². The molecule has 0 saturated heterocycles. The highest BCUT2D eigenvalue weighted by atomic mass is 79.9. The lowest BCUT2D eigenvalue weighted by Gasteiger charge is -2.13. The summed E-state index contributed by atoms with van der Waals surface area (Å²) in [6.07, 6.45) is 1.06. The first kappa shape index (κ1) is 13.8. The fraction of sp³-hybridized carbons (Fsp3) is 0.231. The van der Waals surface area contributed by atoms with Gasteiger partial charge in [-0.25, -0.2) is 0 Å². The standard InChI is InChI=1S/C13H11Br3S/c1-2-8-5-3-4-6-9(8)12(15)10-7-11(14)17-13(10)16/h3-7,12H,2H2,1H3. The van der Waals surface area contributed by atoms with Crippen molar-refractivity contribution in [3.63, 3.8) is 0 Å². The normalized spacial score (nSPS) is 12.7. The fourth-order valence-electron chi connectivity index (χ4n) is 1.80. The number of benzene rings is 1. The van der Waals surface area contributed by atoms with Crippen LogP contribution in [0, 0.1) is 0 Å². The minimum Gasteiger partial charge on any atom is -0.121 e. The molecule has 17 heavy (non-hydrogen) atoms. The Labute approximate surface area is 131 Å². The van der Waals surface area contributed by atoms with Crippen molar-refractivity contribution in [1.82, 2.24) is 0 Å². The van der Waals surface area contributed by atoms with Gasteiger partial charge in [0.1, 0.15) is 0 Å². The van der Waals surface area contributed by atoms with E-state index in [2.05, 4.69) is 85.0 Å². The topological polar surface area (TPSA) is 0 Å². The molecule has 1 aromatic heterocycles. The monoisotopic (exact) mass is 436 g/mol. The van der Waals surface area contributed by atoms with Crippen LogP contribution in [0.5, 0.6) is 0 Å². The minimum absolute atomic E-state index is 0.246. The van der Waals surface area contributed by atoms with E-state index in [0.717, 1.165) is 10.2 Å². The molecule has 1 aromatic carbocycles. The number of hydrogen-bond donors (Lipinski definition) is 0. The van der Waals surface area contributed by atoms with Crippen molar-refractivity contribution in [2.24, 2.45) is 0 Å². The molecule has 0 spiro atoms. The average molecular weight is 439 g/mol. The van der Waals surface area contributed by atoms with Crippen molar-refractivity contribution in [2.45, 2.75) is 18.2 Å². The summed E-state index contributed by atoms with van der Waals surface area (Å²) < 4.78 is 2.33. The maximum Gasteiger partial charge on any atom is 0.0757 e. The molecule has 0 amide bonds. The molecule has 0 aliphatic rings. The molecule has 2 rings (SSSR count). The van der Waals surface area contributed by atoms with Crippen LogP contribution in [0.2, 0.25) is 0 Å². The SMILES string of the molecule is CCc1ccccc1C(Br)c1cc(Br)sc1Br. The Morgan fingerprint density at radius 3 is 2.47 bits per heavy atom. The van der Waals surface area contributed by atoms with E-state index in [4.69, 9.17) is 0 Å². The van der Waals surface area contributed by atoms with Gasteiger partial charge in [0.2, 0.25) is 0 Å². The molecule has 2 aromatic rings. The molecule has 1 unspecified atom stereocenters. The molecule has 0 aliphatic heterocycles. The van der Waals surface area contributed by atoms with Crippen molar-refractivity contribution < 1.29 is 0 Å². The second-order valence-electron chi connectivity index (χ2n) is 3.69. The molecule has 0 aliphatic carbocycles. The summed E-state index contributed by atoms with van der Waals surface area (Å²) in [6.45, 7) is 2.19. The Hall–Kier alpha value is 0.360. The van der Waals surface area contributed by atoms with Crippen LogP contribution in [0.1, 0.15) is 28.4 Å². The Morgan fingerprint density at radius 2 is 1.88 bits per heavy atom. The highest BCUT2D eigenvalue weighted by molar-refractivity contribution is 9.12. The van der Waals surface area contributed by atoms with E-state index in [1.807, 2.05) is 0 Å². The van der Waals surface area contributed by atoms with Gasteiger partial charge in [0, 0.05) is 0 Å². The summed E-state index contributed by atoms with van der Waals surface area (Å²) in [6, 6.07) is 10.7. The molecule has 0 radical (unpaired) electrons. The summed E-state index contributed by atoms with van der Waals surface area (Å²) in [7, 11) is 0. The van der Waals surface area contributed by atoms with Crippen molar-refractivity contribution in [3.8, 4) is 0 Å². The predicted octanol–water partition coefficient (Wildman–Crippen LogP) is 6.32. The third kappa shape index (κ3) is 3.03. The number of alkyl halides is 1. The number of rotatable bonds is 3. The molecule has 1 atom stereocenters. The smallest absolute Gasteiger partial charge is 0.0757 e. The average Bonchev–Trinajstić information content (AvgIpc) is 2.67. The van der Waals surface area contributed by atoms with Gasteiger partial charge in [-0.15, -0.1) is 11.3 Å². The Bertz CT molecular complexity index is 519. The molecule has 4 heteroatoms. The molecular formula is C13H11Br3S. The summed E-state index contributed by atoms with van der Waals surface area (Å²) in [5.74, 6) is 0. The van der Waals surface area contributed by atoms with Gasteiger partial charge in [0.15, 0.2) is 0 Å². The van der Waals surface area contributed by atoms with Gasteiger partial charge in [-0.3, -0.25) is 0 Å². The lowest BCUT2D eigenvalue weighted by molar-refractivity contribution is 1.06.